The van der Waals surface area contributed by atoms with Crippen molar-refractivity contribution < 1.29 is 9.21 Å². The lowest BCUT2D eigenvalue weighted by Gasteiger charge is -2.21. The first-order valence-corrected chi connectivity index (χ1v) is 10.3. The van der Waals surface area contributed by atoms with E-state index < -0.39 is 0 Å². The summed E-state index contributed by atoms with van der Waals surface area (Å²) in [6.45, 7) is 5.13. The second kappa shape index (κ2) is 8.02. The van der Waals surface area contributed by atoms with E-state index >= 15 is 0 Å². The Hall–Kier alpha value is -2.86. The van der Waals surface area contributed by atoms with Crippen molar-refractivity contribution >= 4 is 22.2 Å². The van der Waals surface area contributed by atoms with Crippen molar-refractivity contribution in [3.8, 4) is 11.3 Å². The van der Waals surface area contributed by atoms with E-state index in [1.54, 1.807) is 17.6 Å². The lowest BCUT2D eigenvalue weighted by molar-refractivity contribution is -0.131. The zero-order chi connectivity index (χ0) is 19.5. The van der Waals surface area contributed by atoms with Gasteiger partial charge in [0.2, 0.25) is 5.91 Å². The van der Waals surface area contributed by atoms with Gasteiger partial charge in [-0.25, -0.2) is 4.98 Å². The number of imidazole rings is 1. The lowest BCUT2D eigenvalue weighted by atomic mass is 10.1. The van der Waals surface area contributed by atoms with E-state index in [4.69, 9.17) is 9.40 Å². The topological polar surface area (TPSA) is 50.8 Å². The Morgan fingerprint density at radius 1 is 1.25 bits per heavy atom. The molecule has 3 heterocycles. The van der Waals surface area contributed by atoms with E-state index in [2.05, 4.69) is 47.2 Å². The fourth-order valence-electron chi connectivity index (χ4n) is 3.23. The molecule has 1 amide bonds. The van der Waals surface area contributed by atoms with Crippen molar-refractivity contribution in [2.45, 2.75) is 33.2 Å². The van der Waals surface area contributed by atoms with Crippen LogP contribution in [-0.4, -0.2) is 26.7 Å². The fourth-order valence-corrected chi connectivity index (χ4v) is 4.14. The molecule has 0 saturated heterocycles. The fraction of sp³-hybridized carbons (Fsp3) is 0.273. The van der Waals surface area contributed by atoms with Gasteiger partial charge in [0.05, 0.1) is 18.5 Å². The summed E-state index contributed by atoms with van der Waals surface area (Å²) >= 11 is 1.63. The molecule has 0 aliphatic heterocycles. The predicted molar refractivity (Wildman–Crippen MR) is 111 cm³/mol. The number of carbonyl (C=O) groups is 1. The summed E-state index contributed by atoms with van der Waals surface area (Å²) < 4.78 is 7.56. The van der Waals surface area contributed by atoms with Crippen molar-refractivity contribution in [3.63, 3.8) is 0 Å². The van der Waals surface area contributed by atoms with Crippen LogP contribution in [0.15, 0.2) is 58.7 Å². The average molecular weight is 394 g/mol. The largest absolute Gasteiger partial charge is 0.467 e. The number of furan rings is 1. The maximum absolute atomic E-state index is 12.3. The minimum atomic E-state index is 0.133. The quantitative estimate of drug-likeness (QED) is 0.447. The molecule has 4 aromatic rings. The van der Waals surface area contributed by atoms with E-state index in [1.807, 2.05) is 24.0 Å². The van der Waals surface area contributed by atoms with Crippen molar-refractivity contribution in [1.29, 1.82) is 0 Å². The highest BCUT2D eigenvalue weighted by atomic mass is 32.1. The smallest absolute Gasteiger partial charge is 0.222 e. The number of amides is 1. The van der Waals surface area contributed by atoms with Gasteiger partial charge in [0.25, 0.3) is 0 Å². The van der Waals surface area contributed by atoms with E-state index in [0.29, 0.717) is 19.5 Å². The maximum Gasteiger partial charge on any atom is 0.222 e. The zero-order valence-electron chi connectivity index (χ0n) is 16.1. The molecule has 1 aromatic carbocycles. The lowest BCUT2D eigenvalue weighted by Crippen LogP contribution is -2.31. The van der Waals surface area contributed by atoms with Crippen LogP contribution in [0.1, 0.15) is 30.4 Å². The van der Waals surface area contributed by atoms with Gasteiger partial charge in [0.15, 0.2) is 4.96 Å². The molecule has 3 aromatic heterocycles. The molecule has 0 aliphatic rings. The zero-order valence-corrected chi connectivity index (χ0v) is 16.9. The Morgan fingerprint density at radius 3 is 2.79 bits per heavy atom. The van der Waals surface area contributed by atoms with E-state index in [0.717, 1.165) is 28.4 Å². The van der Waals surface area contributed by atoms with Crippen molar-refractivity contribution in [2.75, 3.05) is 6.54 Å². The minimum absolute atomic E-state index is 0.133. The molecule has 0 N–H and O–H groups in total. The molecule has 5 nitrogen and oxygen atoms in total. The van der Waals surface area contributed by atoms with Crippen LogP contribution in [0.5, 0.6) is 0 Å². The highest BCUT2D eigenvalue weighted by Crippen LogP contribution is 2.24. The van der Waals surface area contributed by atoms with Crippen LogP contribution in [0.4, 0.5) is 0 Å². The van der Waals surface area contributed by atoms with E-state index in [-0.39, 0.29) is 5.91 Å². The summed E-state index contributed by atoms with van der Waals surface area (Å²) in [6.07, 6.45) is 4.99. The Labute approximate surface area is 168 Å². The molecule has 0 fully saturated rings. The molecule has 0 aliphatic carbocycles. The van der Waals surface area contributed by atoms with Crippen LogP contribution in [0, 0.1) is 6.92 Å². The molecule has 0 radical (unpaired) electrons. The molecular formula is C22H23N3O2S. The normalized spacial score (nSPS) is 11.2. The van der Waals surface area contributed by atoms with Gasteiger partial charge in [-0.05, 0) is 19.1 Å². The molecule has 4 rings (SSSR count). The van der Waals surface area contributed by atoms with Gasteiger partial charge in [0, 0.05) is 42.2 Å². The number of benzene rings is 1. The SMILES string of the molecule is CCC(=O)N(CCc1csc2nc(-c3ccc(C)cc3)cn12)Cc1ccco1. The maximum atomic E-state index is 12.3. The predicted octanol–water partition coefficient (Wildman–Crippen LogP) is 4.95. The first kappa shape index (κ1) is 18.5. The summed E-state index contributed by atoms with van der Waals surface area (Å²) in [5, 5.41) is 2.13. The molecule has 28 heavy (non-hydrogen) atoms. The third-order valence-corrected chi connectivity index (χ3v) is 5.74. The highest BCUT2D eigenvalue weighted by molar-refractivity contribution is 7.15. The number of fused-ring (bicyclic) bond motifs is 1. The van der Waals surface area contributed by atoms with Gasteiger partial charge in [-0.1, -0.05) is 36.8 Å². The summed E-state index contributed by atoms with van der Waals surface area (Å²) in [4.78, 5) is 19.9. The first-order valence-electron chi connectivity index (χ1n) is 9.46. The summed E-state index contributed by atoms with van der Waals surface area (Å²) in [7, 11) is 0. The molecular weight excluding hydrogens is 370 g/mol. The van der Waals surface area contributed by atoms with Gasteiger partial charge in [-0.15, -0.1) is 11.3 Å². The molecule has 144 valence electrons. The number of aromatic nitrogens is 2. The second-order valence-corrected chi connectivity index (χ2v) is 7.71. The molecule has 0 atom stereocenters. The van der Waals surface area contributed by atoms with Crippen molar-refractivity contribution in [1.82, 2.24) is 14.3 Å². The summed E-state index contributed by atoms with van der Waals surface area (Å²) in [5.74, 6) is 0.940. The molecule has 0 bridgehead atoms. The van der Waals surface area contributed by atoms with Crippen molar-refractivity contribution in [3.05, 3.63) is 71.3 Å². The van der Waals surface area contributed by atoms with Crippen LogP contribution in [0.3, 0.4) is 0 Å². The summed E-state index contributed by atoms with van der Waals surface area (Å²) in [5.41, 5.74) is 4.50. The molecule has 0 unspecified atom stereocenters. The number of nitrogens with zero attached hydrogens (tertiary/aromatic N) is 3. The van der Waals surface area contributed by atoms with Gasteiger partial charge in [-0.3, -0.25) is 9.20 Å². The highest BCUT2D eigenvalue weighted by Gasteiger charge is 2.16. The average Bonchev–Trinajstić information content (AvgIpc) is 3.43. The number of aryl methyl sites for hydroxylation is 1. The third-order valence-electron chi connectivity index (χ3n) is 4.85. The van der Waals surface area contributed by atoms with Gasteiger partial charge in [-0.2, -0.15) is 0 Å². The monoisotopic (exact) mass is 393 g/mol. The molecule has 6 heteroatoms. The summed E-state index contributed by atoms with van der Waals surface area (Å²) in [6, 6.07) is 12.2. The molecule has 0 spiro atoms. The Bertz CT molecular complexity index is 1060. The van der Waals surface area contributed by atoms with Crippen LogP contribution < -0.4 is 0 Å². The van der Waals surface area contributed by atoms with Crippen LogP contribution in [0.25, 0.3) is 16.2 Å². The van der Waals surface area contributed by atoms with Crippen molar-refractivity contribution in [2.24, 2.45) is 0 Å². The Morgan fingerprint density at radius 2 is 2.07 bits per heavy atom. The first-order chi connectivity index (χ1) is 13.6. The number of hydrogen-bond donors (Lipinski definition) is 0. The van der Waals surface area contributed by atoms with Crippen LogP contribution in [-0.2, 0) is 17.8 Å². The third kappa shape index (κ3) is 3.87. The van der Waals surface area contributed by atoms with E-state index in [1.165, 1.54) is 11.3 Å². The van der Waals surface area contributed by atoms with E-state index in [9.17, 15) is 4.79 Å². The van der Waals surface area contributed by atoms with Gasteiger partial charge < -0.3 is 9.32 Å². The van der Waals surface area contributed by atoms with Gasteiger partial charge >= 0.3 is 0 Å². The number of thiazole rings is 1. The standard InChI is InChI=1S/C22H23N3O2S/c1-3-21(26)24(13-19-5-4-12-27-19)11-10-18-15-28-22-23-20(14-25(18)22)17-8-6-16(2)7-9-17/h4-9,12,14-15H,3,10-11,13H2,1-2H3. The van der Waals surface area contributed by atoms with Gasteiger partial charge in [0.1, 0.15) is 5.76 Å². The number of rotatable bonds is 7. The van der Waals surface area contributed by atoms with Crippen LogP contribution >= 0.6 is 11.3 Å². The minimum Gasteiger partial charge on any atom is -0.467 e. The number of carbonyl (C=O) groups excluding carboxylic acids is 1. The Balaban J connectivity index is 1.52. The molecule has 0 saturated carbocycles. The Kier molecular flexibility index (Phi) is 5.30. The van der Waals surface area contributed by atoms with Crippen LogP contribution in [0.2, 0.25) is 0 Å². The number of hydrogen-bond acceptors (Lipinski definition) is 4. The second-order valence-electron chi connectivity index (χ2n) is 6.87.